The number of ether oxygens (including phenoxy) is 1. The smallest absolute Gasteiger partial charge is 0.216 e. The lowest BCUT2D eigenvalue weighted by Crippen LogP contribution is -2.37. The minimum absolute atomic E-state index is 0. The van der Waals surface area contributed by atoms with Crippen molar-refractivity contribution in [3.63, 3.8) is 0 Å². The molecule has 1 aliphatic rings. The number of oxazole rings is 1. The van der Waals surface area contributed by atoms with E-state index in [1.807, 2.05) is 13.8 Å². The molecule has 0 amide bonds. The van der Waals surface area contributed by atoms with Gasteiger partial charge < -0.3 is 19.8 Å². The van der Waals surface area contributed by atoms with E-state index in [1.54, 1.807) is 0 Å². The van der Waals surface area contributed by atoms with E-state index in [-0.39, 0.29) is 24.0 Å². The van der Waals surface area contributed by atoms with Gasteiger partial charge in [-0.3, -0.25) is 0 Å². The van der Waals surface area contributed by atoms with E-state index in [0.717, 1.165) is 50.0 Å². The second-order valence-electron chi connectivity index (χ2n) is 7.06. The number of nitrogens with one attached hydrogen (secondary N) is 2. The second kappa shape index (κ2) is 14.2. The van der Waals surface area contributed by atoms with E-state index in [1.165, 1.54) is 38.5 Å². The number of unbranched alkanes of at least 4 members (excludes halogenated alkanes) is 1. The van der Waals surface area contributed by atoms with Crippen molar-refractivity contribution >= 4 is 29.9 Å². The predicted molar refractivity (Wildman–Crippen MR) is 121 cm³/mol. The highest BCUT2D eigenvalue weighted by Gasteiger charge is 2.12. The zero-order valence-corrected chi connectivity index (χ0v) is 19.5. The first kappa shape index (κ1) is 24.2. The molecule has 2 rings (SSSR count). The van der Waals surface area contributed by atoms with Crippen LogP contribution in [-0.4, -0.2) is 36.7 Å². The average molecular weight is 492 g/mol. The molecule has 0 unspecified atom stereocenters. The van der Waals surface area contributed by atoms with Crippen LogP contribution in [-0.2, 0) is 11.3 Å². The number of guanidine groups is 1. The van der Waals surface area contributed by atoms with Gasteiger partial charge in [0.1, 0.15) is 12.3 Å². The lowest BCUT2D eigenvalue weighted by atomic mass is 10.1. The molecule has 0 spiro atoms. The maximum atomic E-state index is 6.04. The van der Waals surface area contributed by atoms with Crippen LogP contribution in [0.5, 0.6) is 0 Å². The van der Waals surface area contributed by atoms with Crippen LogP contribution in [0.1, 0.15) is 75.6 Å². The highest BCUT2D eigenvalue weighted by Crippen LogP contribution is 2.19. The van der Waals surface area contributed by atoms with Crippen molar-refractivity contribution in [3.05, 3.63) is 17.3 Å². The van der Waals surface area contributed by atoms with Gasteiger partial charge in [-0.1, -0.05) is 25.7 Å². The number of aryl methyl sites for hydroxylation is 2. The van der Waals surface area contributed by atoms with Crippen LogP contribution < -0.4 is 10.6 Å². The third-order valence-corrected chi connectivity index (χ3v) is 4.81. The van der Waals surface area contributed by atoms with Crippen LogP contribution in [0.4, 0.5) is 0 Å². The number of halogens is 1. The second-order valence-corrected chi connectivity index (χ2v) is 7.06. The van der Waals surface area contributed by atoms with Gasteiger partial charge in [-0.2, -0.15) is 0 Å². The topological polar surface area (TPSA) is 71.7 Å². The van der Waals surface area contributed by atoms with Crippen molar-refractivity contribution in [3.8, 4) is 0 Å². The molecule has 1 heterocycles. The van der Waals surface area contributed by atoms with Crippen molar-refractivity contribution < 1.29 is 9.15 Å². The molecule has 1 aliphatic carbocycles. The van der Waals surface area contributed by atoms with Crippen molar-refractivity contribution in [1.82, 2.24) is 15.6 Å². The van der Waals surface area contributed by atoms with E-state index in [4.69, 9.17) is 9.15 Å². The number of rotatable bonds is 9. The summed E-state index contributed by atoms with van der Waals surface area (Å²) in [4.78, 5) is 8.92. The van der Waals surface area contributed by atoms with Gasteiger partial charge in [0.25, 0.3) is 0 Å². The first-order chi connectivity index (χ1) is 12.7. The standard InChI is InChI=1S/C20H36N4O2.HI/c1-4-21-20(23-15-19-24-16(2)17(3)26-19)22-13-9-10-14-25-18-11-7-5-6-8-12-18;/h18H,4-15H2,1-3H3,(H2,21,22,23);1H. The van der Waals surface area contributed by atoms with Gasteiger partial charge >= 0.3 is 0 Å². The lowest BCUT2D eigenvalue weighted by molar-refractivity contribution is 0.0411. The molecule has 0 aliphatic heterocycles. The first-order valence-electron chi connectivity index (χ1n) is 10.3. The van der Waals surface area contributed by atoms with Crippen LogP contribution >= 0.6 is 24.0 Å². The highest BCUT2D eigenvalue weighted by molar-refractivity contribution is 14.0. The maximum absolute atomic E-state index is 6.04. The Bertz CT molecular complexity index is 521. The molecule has 1 aromatic rings. The van der Waals surface area contributed by atoms with Gasteiger partial charge in [0.05, 0.1) is 11.8 Å². The minimum Gasteiger partial charge on any atom is -0.444 e. The van der Waals surface area contributed by atoms with Crippen LogP contribution in [0.15, 0.2) is 9.41 Å². The fraction of sp³-hybridized carbons (Fsp3) is 0.800. The molecular weight excluding hydrogens is 455 g/mol. The molecule has 0 radical (unpaired) electrons. The Morgan fingerprint density at radius 3 is 2.52 bits per heavy atom. The van der Waals surface area contributed by atoms with Crippen molar-refractivity contribution in [1.29, 1.82) is 0 Å². The zero-order valence-electron chi connectivity index (χ0n) is 17.2. The molecule has 6 nitrogen and oxygen atoms in total. The summed E-state index contributed by atoms with van der Waals surface area (Å²) in [6.45, 7) is 8.99. The third kappa shape index (κ3) is 9.78. The molecule has 27 heavy (non-hydrogen) atoms. The summed E-state index contributed by atoms with van der Waals surface area (Å²) in [6.07, 6.45) is 10.6. The quantitative estimate of drug-likeness (QED) is 0.175. The molecule has 0 atom stereocenters. The molecule has 0 bridgehead atoms. The third-order valence-electron chi connectivity index (χ3n) is 4.81. The maximum Gasteiger partial charge on any atom is 0.216 e. The molecule has 156 valence electrons. The van der Waals surface area contributed by atoms with Gasteiger partial charge in [0.15, 0.2) is 5.96 Å². The van der Waals surface area contributed by atoms with Crippen molar-refractivity contribution in [2.75, 3.05) is 19.7 Å². The molecule has 7 heteroatoms. The zero-order chi connectivity index (χ0) is 18.6. The highest BCUT2D eigenvalue weighted by atomic mass is 127. The average Bonchev–Trinajstić information content (AvgIpc) is 2.81. The van der Waals surface area contributed by atoms with E-state index in [9.17, 15) is 0 Å². The van der Waals surface area contributed by atoms with E-state index in [2.05, 4.69) is 27.5 Å². The Hall–Kier alpha value is -0.830. The van der Waals surface area contributed by atoms with Crippen LogP contribution in [0.2, 0.25) is 0 Å². The number of aliphatic imine (C=N–C) groups is 1. The number of aromatic nitrogens is 1. The van der Waals surface area contributed by atoms with E-state index < -0.39 is 0 Å². The molecule has 1 fully saturated rings. The molecule has 1 aromatic heterocycles. The SMILES string of the molecule is CCNC(=NCc1nc(C)c(C)o1)NCCCCOC1CCCCCC1.I. The summed E-state index contributed by atoms with van der Waals surface area (Å²) >= 11 is 0. The Balaban J connectivity index is 0.00000364. The summed E-state index contributed by atoms with van der Waals surface area (Å²) in [6, 6.07) is 0. The fourth-order valence-corrected chi connectivity index (χ4v) is 3.19. The summed E-state index contributed by atoms with van der Waals surface area (Å²) in [7, 11) is 0. The van der Waals surface area contributed by atoms with E-state index in [0.29, 0.717) is 18.5 Å². The van der Waals surface area contributed by atoms with Crippen LogP contribution in [0.25, 0.3) is 0 Å². The van der Waals surface area contributed by atoms with Gasteiger partial charge in [0, 0.05) is 19.7 Å². The molecule has 1 saturated carbocycles. The monoisotopic (exact) mass is 492 g/mol. The summed E-state index contributed by atoms with van der Waals surface area (Å²) < 4.78 is 11.6. The van der Waals surface area contributed by atoms with Crippen LogP contribution in [0, 0.1) is 13.8 Å². The number of hydrogen-bond acceptors (Lipinski definition) is 4. The summed E-state index contributed by atoms with van der Waals surface area (Å²) in [5.74, 6) is 2.33. The predicted octanol–water partition coefficient (Wildman–Crippen LogP) is 4.48. The fourth-order valence-electron chi connectivity index (χ4n) is 3.19. The number of nitrogens with zero attached hydrogens (tertiary/aromatic N) is 2. The van der Waals surface area contributed by atoms with Gasteiger partial charge in [0.2, 0.25) is 5.89 Å². The largest absolute Gasteiger partial charge is 0.444 e. The Morgan fingerprint density at radius 2 is 1.89 bits per heavy atom. The van der Waals surface area contributed by atoms with Gasteiger partial charge in [-0.25, -0.2) is 9.98 Å². The Labute approximate surface area is 181 Å². The summed E-state index contributed by atoms with van der Waals surface area (Å²) in [5, 5.41) is 6.64. The first-order valence-corrected chi connectivity index (χ1v) is 10.3. The summed E-state index contributed by atoms with van der Waals surface area (Å²) in [5.41, 5.74) is 0.932. The molecule has 0 aromatic carbocycles. The number of hydrogen-bond donors (Lipinski definition) is 2. The van der Waals surface area contributed by atoms with Crippen molar-refractivity contribution in [2.24, 2.45) is 4.99 Å². The van der Waals surface area contributed by atoms with Crippen LogP contribution in [0.3, 0.4) is 0 Å². The minimum atomic E-state index is 0. The molecule has 2 N–H and O–H groups in total. The van der Waals surface area contributed by atoms with Gasteiger partial charge in [-0.15, -0.1) is 24.0 Å². The van der Waals surface area contributed by atoms with Crippen molar-refractivity contribution in [2.45, 2.75) is 84.8 Å². The Kier molecular flexibility index (Phi) is 12.7. The molecule has 0 saturated heterocycles. The normalized spacial score (nSPS) is 15.9. The lowest BCUT2D eigenvalue weighted by Gasteiger charge is -2.15. The Morgan fingerprint density at radius 1 is 1.15 bits per heavy atom. The molecular formula is C20H37IN4O2. The van der Waals surface area contributed by atoms with E-state index >= 15 is 0 Å². The van der Waals surface area contributed by atoms with Gasteiger partial charge in [-0.05, 0) is 46.5 Å².